The van der Waals surface area contributed by atoms with Crippen LogP contribution in [-0.2, 0) is 16.1 Å². The van der Waals surface area contributed by atoms with Crippen molar-refractivity contribution in [3.05, 3.63) is 95.1 Å². The van der Waals surface area contributed by atoms with Gasteiger partial charge in [-0.25, -0.2) is 4.79 Å². The topological polar surface area (TPSA) is 95.9 Å². The first-order valence-corrected chi connectivity index (χ1v) is 11.2. The monoisotopic (exact) mass is 456 g/mol. The van der Waals surface area contributed by atoms with Crippen molar-refractivity contribution in [1.82, 2.24) is 10.2 Å². The van der Waals surface area contributed by atoms with Crippen LogP contribution < -0.4 is 5.32 Å². The van der Waals surface area contributed by atoms with Crippen LogP contribution in [0.2, 0.25) is 0 Å². The highest BCUT2D eigenvalue weighted by molar-refractivity contribution is 5.95. The predicted octanol–water partition coefficient (Wildman–Crippen LogP) is 3.88. The maximum Gasteiger partial charge on any atom is 0.407 e. The van der Waals surface area contributed by atoms with E-state index in [4.69, 9.17) is 9.84 Å². The highest BCUT2D eigenvalue weighted by Gasteiger charge is 2.36. The second kappa shape index (κ2) is 9.02. The fourth-order valence-corrected chi connectivity index (χ4v) is 4.57. The minimum Gasteiger partial charge on any atom is -0.481 e. The second-order valence-corrected chi connectivity index (χ2v) is 8.62. The molecule has 2 aliphatic rings. The number of carbonyl (C=O) groups excluding carboxylic acids is 2. The van der Waals surface area contributed by atoms with Gasteiger partial charge in [0.25, 0.3) is 5.91 Å². The quantitative estimate of drug-likeness (QED) is 0.587. The smallest absolute Gasteiger partial charge is 0.407 e. The van der Waals surface area contributed by atoms with Crippen LogP contribution in [0.5, 0.6) is 0 Å². The fraction of sp³-hybridized carbons (Fsp3) is 0.222. The average Bonchev–Trinajstić information content (AvgIpc) is 3.14. The molecule has 0 spiro atoms. The standard InChI is InChI=1S/C27H24N2O5/c30-25(29-14-19(15-29)26(31)32)18-11-9-17(10-12-18)13-28-27(33)34-16-24-22-7-3-1-5-20(22)21-6-2-4-8-23(21)24/h1-12,19,24H,13-16H2,(H,28,33)(H,31,32). The molecule has 0 unspecified atom stereocenters. The summed E-state index contributed by atoms with van der Waals surface area (Å²) < 4.78 is 5.55. The lowest BCUT2D eigenvalue weighted by Crippen LogP contribution is -2.53. The van der Waals surface area contributed by atoms with E-state index < -0.39 is 18.0 Å². The van der Waals surface area contributed by atoms with Gasteiger partial charge in [-0.1, -0.05) is 60.7 Å². The Hall–Kier alpha value is -4.13. The van der Waals surface area contributed by atoms with Crippen molar-refractivity contribution >= 4 is 18.0 Å². The number of nitrogens with one attached hydrogen (secondary N) is 1. The molecular weight excluding hydrogens is 432 g/mol. The molecule has 0 bridgehead atoms. The Balaban J connectivity index is 1.13. The zero-order chi connectivity index (χ0) is 23.7. The van der Waals surface area contributed by atoms with E-state index in [2.05, 4.69) is 29.6 Å². The summed E-state index contributed by atoms with van der Waals surface area (Å²) in [4.78, 5) is 37.2. The summed E-state index contributed by atoms with van der Waals surface area (Å²) in [7, 11) is 0. The molecule has 7 heteroatoms. The molecule has 0 radical (unpaired) electrons. The van der Waals surface area contributed by atoms with Gasteiger partial charge in [0.2, 0.25) is 0 Å². The molecule has 1 aliphatic carbocycles. The second-order valence-electron chi connectivity index (χ2n) is 8.62. The lowest BCUT2D eigenvalue weighted by Gasteiger charge is -2.36. The summed E-state index contributed by atoms with van der Waals surface area (Å²) in [6.07, 6.45) is -0.498. The molecule has 7 nitrogen and oxygen atoms in total. The Bertz CT molecular complexity index is 1200. The Morgan fingerprint density at radius 2 is 1.47 bits per heavy atom. The third kappa shape index (κ3) is 4.12. The normalized spacial score (nSPS) is 14.6. The number of carboxylic acids is 1. The van der Waals surface area contributed by atoms with Crippen molar-refractivity contribution in [2.45, 2.75) is 12.5 Å². The lowest BCUT2D eigenvalue weighted by atomic mass is 9.98. The van der Waals surface area contributed by atoms with Crippen molar-refractivity contribution in [1.29, 1.82) is 0 Å². The number of ether oxygens (including phenoxy) is 1. The number of likely N-dealkylation sites (tertiary alicyclic amines) is 1. The van der Waals surface area contributed by atoms with E-state index in [0.717, 1.165) is 16.7 Å². The van der Waals surface area contributed by atoms with E-state index >= 15 is 0 Å². The number of amides is 2. The van der Waals surface area contributed by atoms with Crippen molar-refractivity contribution in [2.24, 2.45) is 5.92 Å². The number of hydrogen-bond acceptors (Lipinski definition) is 4. The number of benzene rings is 3. The van der Waals surface area contributed by atoms with Crippen LogP contribution in [0.15, 0.2) is 72.8 Å². The summed E-state index contributed by atoms with van der Waals surface area (Å²) in [5, 5.41) is 11.7. The molecule has 2 amide bonds. The number of rotatable bonds is 6. The van der Waals surface area contributed by atoms with Gasteiger partial charge in [-0.15, -0.1) is 0 Å². The van der Waals surface area contributed by atoms with Crippen LogP contribution in [0.4, 0.5) is 4.79 Å². The van der Waals surface area contributed by atoms with Crippen LogP contribution in [0, 0.1) is 5.92 Å². The number of hydrogen-bond donors (Lipinski definition) is 2. The molecule has 1 heterocycles. The van der Waals surface area contributed by atoms with Crippen LogP contribution >= 0.6 is 0 Å². The van der Waals surface area contributed by atoms with Gasteiger partial charge in [0, 0.05) is 31.1 Å². The Morgan fingerprint density at radius 3 is 2.06 bits per heavy atom. The molecule has 34 heavy (non-hydrogen) atoms. The zero-order valence-corrected chi connectivity index (χ0v) is 18.4. The maximum absolute atomic E-state index is 12.4. The Morgan fingerprint density at radius 1 is 0.882 bits per heavy atom. The van der Waals surface area contributed by atoms with Gasteiger partial charge >= 0.3 is 12.1 Å². The highest BCUT2D eigenvalue weighted by atomic mass is 16.5. The summed E-state index contributed by atoms with van der Waals surface area (Å²) in [6.45, 7) is 0.995. The van der Waals surface area contributed by atoms with Gasteiger partial charge in [0.1, 0.15) is 6.61 Å². The molecule has 0 aromatic heterocycles. The number of carboxylic acid groups (broad SMARTS) is 1. The van der Waals surface area contributed by atoms with Gasteiger partial charge in [-0.2, -0.15) is 0 Å². The fourth-order valence-electron chi connectivity index (χ4n) is 4.57. The van der Waals surface area contributed by atoms with Crippen LogP contribution in [-0.4, -0.2) is 47.7 Å². The Labute approximate surface area is 197 Å². The van der Waals surface area contributed by atoms with E-state index in [0.29, 0.717) is 5.56 Å². The minimum atomic E-state index is -0.876. The average molecular weight is 456 g/mol. The van der Waals surface area contributed by atoms with E-state index in [1.54, 1.807) is 24.3 Å². The van der Waals surface area contributed by atoms with E-state index in [-0.39, 0.29) is 38.1 Å². The summed E-state index contributed by atoms with van der Waals surface area (Å²) in [5.41, 5.74) is 6.00. The van der Waals surface area contributed by atoms with E-state index in [9.17, 15) is 14.4 Å². The molecule has 5 rings (SSSR count). The highest BCUT2D eigenvalue weighted by Crippen LogP contribution is 2.44. The SMILES string of the molecule is O=C(NCc1ccc(C(=O)N2CC(C(=O)O)C2)cc1)OCC1c2ccccc2-c2ccccc21. The molecule has 172 valence electrons. The van der Waals surface area contributed by atoms with Gasteiger partial charge in [-0.05, 0) is 39.9 Å². The molecule has 3 aromatic rings. The first-order valence-electron chi connectivity index (χ1n) is 11.2. The minimum absolute atomic E-state index is 0.00526. The van der Waals surface area contributed by atoms with Crippen LogP contribution in [0.1, 0.15) is 33.0 Å². The molecule has 3 aromatic carbocycles. The van der Waals surface area contributed by atoms with Gasteiger partial charge in [0.05, 0.1) is 5.92 Å². The number of fused-ring (bicyclic) bond motifs is 3. The Kier molecular flexibility index (Phi) is 5.76. The number of alkyl carbamates (subject to hydrolysis) is 1. The molecule has 2 N–H and O–H groups in total. The van der Waals surface area contributed by atoms with Gasteiger partial charge in [0.15, 0.2) is 0 Å². The maximum atomic E-state index is 12.4. The number of aliphatic carboxylic acids is 1. The zero-order valence-electron chi connectivity index (χ0n) is 18.4. The predicted molar refractivity (Wildman–Crippen MR) is 125 cm³/mol. The first kappa shape index (κ1) is 21.7. The third-order valence-electron chi connectivity index (χ3n) is 6.50. The van der Waals surface area contributed by atoms with Crippen LogP contribution in [0.25, 0.3) is 11.1 Å². The van der Waals surface area contributed by atoms with Crippen molar-refractivity contribution in [3.8, 4) is 11.1 Å². The van der Waals surface area contributed by atoms with Crippen molar-refractivity contribution < 1.29 is 24.2 Å². The molecular formula is C27H24N2O5. The van der Waals surface area contributed by atoms with Gasteiger partial charge < -0.3 is 20.1 Å². The van der Waals surface area contributed by atoms with E-state index in [1.165, 1.54) is 16.0 Å². The van der Waals surface area contributed by atoms with Gasteiger partial charge in [-0.3, -0.25) is 9.59 Å². The van der Waals surface area contributed by atoms with Crippen molar-refractivity contribution in [2.75, 3.05) is 19.7 Å². The number of nitrogens with zero attached hydrogens (tertiary/aromatic N) is 1. The lowest BCUT2D eigenvalue weighted by molar-refractivity contribution is -0.146. The number of carbonyl (C=O) groups is 3. The van der Waals surface area contributed by atoms with Crippen LogP contribution in [0.3, 0.4) is 0 Å². The van der Waals surface area contributed by atoms with Crippen molar-refractivity contribution in [3.63, 3.8) is 0 Å². The molecule has 0 saturated carbocycles. The molecule has 0 atom stereocenters. The summed E-state index contributed by atoms with van der Waals surface area (Å²) >= 11 is 0. The molecule has 1 saturated heterocycles. The van der Waals surface area contributed by atoms with E-state index in [1.807, 2.05) is 24.3 Å². The third-order valence-corrected chi connectivity index (χ3v) is 6.50. The molecule has 1 fully saturated rings. The summed E-state index contributed by atoms with van der Waals surface area (Å²) in [6, 6.07) is 23.3. The largest absolute Gasteiger partial charge is 0.481 e. The molecule has 1 aliphatic heterocycles. The summed E-state index contributed by atoms with van der Waals surface area (Å²) in [5.74, 6) is -1.54. The first-order chi connectivity index (χ1) is 16.5.